The number of rotatable bonds is 1. The van der Waals surface area contributed by atoms with Gasteiger partial charge in [0.1, 0.15) is 0 Å². The molecule has 1 rings (SSSR count). The first-order chi connectivity index (χ1) is 4.63. The highest BCUT2D eigenvalue weighted by Crippen LogP contribution is 1.99. The van der Waals surface area contributed by atoms with Gasteiger partial charge in [0, 0.05) is 9.89 Å². The molecule has 0 fully saturated rings. The third-order valence-electron chi connectivity index (χ3n) is 0.769. The van der Waals surface area contributed by atoms with Crippen molar-refractivity contribution in [1.29, 1.82) is 0 Å². The quantitative estimate of drug-likeness (QED) is 0.417. The summed E-state index contributed by atoms with van der Waals surface area (Å²) in [6, 6.07) is 0. The molecule has 7 nitrogen and oxygen atoms in total. The Bertz CT molecular complexity index is 313. The maximum Gasteiger partial charge on any atom is 0.493 e. The largest absolute Gasteiger partial charge is 0.493 e. The van der Waals surface area contributed by atoms with E-state index in [0.717, 1.165) is 0 Å². The zero-order valence-corrected chi connectivity index (χ0v) is 4.44. The first-order valence-electron chi connectivity index (χ1n) is 2.11. The van der Waals surface area contributed by atoms with E-state index in [1.807, 2.05) is 0 Å². The molecule has 0 aliphatic rings. The van der Waals surface area contributed by atoms with Crippen LogP contribution in [0.25, 0.3) is 0 Å². The van der Waals surface area contributed by atoms with Gasteiger partial charge in [0.2, 0.25) is 0 Å². The summed E-state index contributed by atoms with van der Waals surface area (Å²) < 4.78 is 12.1. The lowest BCUT2D eigenvalue weighted by atomic mass is 11.1. The van der Waals surface area contributed by atoms with E-state index in [2.05, 4.69) is 5.10 Å². The summed E-state index contributed by atoms with van der Waals surface area (Å²) in [6.45, 7) is 0. The molecule has 1 aromatic rings. The molecule has 0 bridgehead atoms. The van der Waals surface area contributed by atoms with Crippen molar-refractivity contribution < 1.29 is 9.40 Å². The van der Waals surface area contributed by atoms with Gasteiger partial charge in [0.25, 0.3) is 0 Å². The van der Waals surface area contributed by atoms with Crippen molar-refractivity contribution in [2.45, 2.75) is 0 Å². The average Bonchev–Trinajstić information content (AvgIpc) is 2.14. The van der Waals surface area contributed by atoms with E-state index >= 15 is 0 Å². The highest BCUT2D eigenvalue weighted by molar-refractivity contribution is 4.98. The lowest BCUT2D eigenvalue weighted by Gasteiger charge is -1.84. The van der Waals surface area contributed by atoms with Gasteiger partial charge >= 0.3 is 11.6 Å². The molecule has 1 heterocycles. The van der Waals surface area contributed by atoms with Gasteiger partial charge in [-0.1, -0.05) is 0 Å². The Balaban J connectivity index is 3.31. The van der Waals surface area contributed by atoms with Crippen LogP contribution in [0.2, 0.25) is 0 Å². The van der Waals surface area contributed by atoms with Gasteiger partial charge in [-0.3, -0.25) is 0 Å². The number of nitro groups is 1. The highest BCUT2D eigenvalue weighted by atomic mass is 19.2. The minimum Gasteiger partial charge on any atom is -0.390 e. The number of aromatic amines is 1. The molecule has 0 amide bonds. The molecule has 54 valence electrons. The number of aromatic nitrogens is 3. The lowest BCUT2D eigenvalue weighted by molar-refractivity contribution is -0.399. The van der Waals surface area contributed by atoms with Crippen molar-refractivity contribution in [2.75, 3.05) is 0 Å². The number of nitrogens with one attached hydrogen (secondary N) is 1. The van der Waals surface area contributed by atoms with Crippen molar-refractivity contribution in [1.82, 2.24) is 15.0 Å². The van der Waals surface area contributed by atoms with Gasteiger partial charge in [-0.15, -0.1) is 5.10 Å². The minimum absolute atomic E-state index is 0.681. The maximum atomic E-state index is 12.1. The summed E-state index contributed by atoms with van der Waals surface area (Å²) in [4.78, 5) is 18.1. The van der Waals surface area contributed by atoms with E-state index in [-0.39, 0.29) is 0 Å². The van der Waals surface area contributed by atoms with E-state index < -0.39 is 21.4 Å². The van der Waals surface area contributed by atoms with Gasteiger partial charge in [-0.25, -0.2) is 4.79 Å². The third-order valence-corrected chi connectivity index (χ3v) is 0.769. The zero-order valence-electron chi connectivity index (χ0n) is 4.44. The molecule has 0 saturated heterocycles. The van der Waals surface area contributed by atoms with Gasteiger partial charge in [-0.2, -0.15) is 0 Å². The lowest BCUT2D eigenvalue weighted by Crippen LogP contribution is -2.10. The summed E-state index contributed by atoms with van der Waals surface area (Å²) in [6.07, 6.45) is 0. The van der Waals surface area contributed by atoms with Crippen LogP contribution in [0.4, 0.5) is 10.4 Å². The molecule has 0 aliphatic carbocycles. The fraction of sp³-hybridized carbons (Fsp3) is 0. The van der Waals surface area contributed by atoms with E-state index in [1.54, 1.807) is 5.10 Å². The summed E-state index contributed by atoms with van der Waals surface area (Å²) >= 11 is 0. The normalized spacial score (nSPS) is 9.70. The number of hydrogen-bond acceptors (Lipinski definition) is 4. The Morgan fingerprint density at radius 3 is 2.60 bits per heavy atom. The average molecular weight is 148 g/mol. The molecule has 1 aromatic heterocycles. The Labute approximate surface area is 52.2 Å². The van der Waals surface area contributed by atoms with Crippen molar-refractivity contribution >= 4 is 5.95 Å². The molecular formula is C2HFN4O3. The van der Waals surface area contributed by atoms with Gasteiger partial charge in [0.05, 0.1) is 0 Å². The fourth-order valence-electron chi connectivity index (χ4n) is 0.389. The fourth-order valence-corrected chi connectivity index (χ4v) is 0.389. The van der Waals surface area contributed by atoms with E-state index in [1.165, 1.54) is 0 Å². The van der Waals surface area contributed by atoms with E-state index in [0.29, 0.717) is 0 Å². The highest BCUT2D eigenvalue weighted by Gasteiger charge is 2.19. The van der Waals surface area contributed by atoms with E-state index in [4.69, 9.17) is 0 Å². The zero-order chi connectivity index (χ0) is 7.72. The van der Waals surface area contributed by atoms with Crippen LogP contribution in [0.5, 0.6) is 0 Å². The van der Waals surface area contributed by atoms with Crippen molar-refractivity contribution in [3.8, 4) is 0 Å². The maximum absolute atomic E-state index is 12.1. The predicted octanol–water partition coefficient (Wildman–Crippen LogP) is -0.788. The van der Waals surface area contributed by atoms with Crippen LogP contribution in [0.15, 0.2) is 4.79 Å². The molecule has 10 heavy (non-hydrogen) atoms. The van der Waals surface area contributed by atoms with E-state index in [9.17, 15) is 19.4 Å². The van der Waals surface area contributed by atoms with Crippen molar-refractivity contribution in [3.63, 3.8) is 0 Å². The molecule has 0 aromatic carbocycles. The van der Waals surface area contributed by atoms with Crippen LogP contribution >= 0.6 is 0 Å². The number of H-pyrrole nitrogens is 1. The monoisotopic (exact) mass is 148 g/mol. The van der Waals surface area contributed by atoms with Crippen LogP contribution in [0.3, 0.4) is 0 Å². The Hall–Kier alpha value is -1.73. The number of hydrogen-bond donors (Lipinski definition) is 1. The second-order valence-electron chi connectivity index (χ2n) is 1.37. The van der Waals surface area contributed by atoms with Gasteiger partial charge in [-0.05, 0) is 9.40 Å². The predicted molar refractivity (Wildman–Crippen MR) is 26.0 cm³/mol. The van der Waals surface area contributed by atoms with Crippen LogP contribution in [0, 0.1) is 10.1 Å². The molecule has 0 atom stereocenters. The Morgan fingerprint density at radius 1 is 1.80 bits per heavy atom. The second-order valence-corrected chi connectivity index (χ2v) is 1.37. The molecular weight excluding hydrogens is 147 g/mol. The van der Waals surface area contributed by atoms with Crippen LogP contribution < -0.4 is 5.69 Å². The van der Waals surface area contributed by atoms with Crippen LogP contribution in [0.1, 0.15) is 0 Å². The SMILES string of the molecule is O=c1[nH]nc([N+](=O)[O-])n1F. The molecule has 0 aliphatic heterocycles. The Kier molecular flexibility index (Phi) is 1.21. The summed E-state index contributed by atoms with van der Waals surface area (Å²) in [5.41, 5.74) is -1.26. The summed E-state index contributed by atoms with van der Waals surface area (Å²) in [5, 5.41) is 14.1. The second kappa shape index (κ2) is 1.90. The number of nitrogens with zero attached hydrogens (tertiary/aromatic N) is 3. The molecule has 0 unspecified atom stereocenters. The first kappa shape index (κ1) is 6.39. The first-order valence-corrected chi connectivity index (χ1v) is 2.11. The summed E-state index contributed by atoms with van der Waals surface area (Å²) in [7, 11) is 0. The molecule has 0 spiro atoms. The minimum atomic E-state index is -1.26. The smallest absolute Gasteiger partial charge is 0.390 e. The van der Waals surface area contributed by atoms with Crippen molar-refractivity contribution in [3.05, 3.63) is 20.6 Å². The molecule has 0 saturated carbocycles. The standard InChI is InChI=1S/C2HFN4O3/c3-6-1(7(9)10)4-5-2(6)8/h(H,5,8). The molecule has 0 radical (unpaired) electrons. The molecule has 8 heteroatoms. The van der Waals surface area contributed by atoms with Crippen molar-refractivity contribution in [2.24, 2.45) is 0 Å². The van der Waals surface area contributed by atoms with Crippen LogP contribution in [-0.2, 0) is 0 Å². The summed E-state index contributed by atoms with van der Waals surface area (Å²) in [5.74, 6) is -1.15. The Morgan fingerprint density at radius 2 is 2.40 bits per heavy atom. The van der Waals surface area contributed by atoms with Gasteiger partial charge in [0.15, 0.2) is 0 Å². The van der Waals surface area contributed by atoms with Gasteiger partial charge < -0.3 is 10.1 Å². The third kappa shape index (κ3) is 0.747. The van der Waals surface area contributed by atoms with Crippen LogP contribution in [-0.4, -0.2) is 19.9 Å². The topological polar surface area (TPSA) is 93.8 Å². The molecule has 1 N–H and O–H groups in total. The number of halogens is 1.